The number of fused-ring (bicyclic) bond motifs is 1. The van der Waals surface area contributed by atoms with Crippen molar-refractivity contribution >= 4 is 23.2 Å². The summed E-state index contributed by atoms with van der Waals surface area (Å²) in [6, 6.07) is 3.54. The number of hydrogen-bond donors (Lipinski definition) is 1. The van der Waals surface area contributed by atoms with E-state index in [0.29, 0.717) is 16.4 Å². The molecule has 0 aromatic carbocycles. The molecule has 0 atom stereocenters. The summed E-state index contributed by atoms with van der Waals surface area (Å²) >= 11 is 5.95. The number of aromatic nitrogens is 2. The fraction of sp³-hybridized carbons (Fsp3) is 0.385. The molecular formula is C13H15ClN4O. The minimum atomic E-state index is 0.0359. The minimum Gasteiger partial charge on any atom is -0.335 e. The number of amides is 1. The molecule has 2 aromatic heterocycles. The lowest BCUT2D eigenvalue weighted by Gasteiger charge is -2.27. The van der Waals surface area contributed by atoms with Crippen molar-refractivity contribution in [2.75, 3.05) is 26.2 Å². The molecule has 6 heteroatoms. The first-order valence-electron chi connectivity index (χ1n) is 6.31. The molecule has 5 nitrogen and oxygen atoms in total. The van der Waals surface area contributed by atoms with Crippen LogP contribution in [0.2, 0.25) is 5.02 Å². The van der Waals surface area contributed by atoms with Crippen LogP contribution in [-0.4, -0.2) is 46.4 Å². The van der Waals surface area contributed by atoms with Crippen LogP contribution in [0.25, 0.3) is 5.65 Å². The van der Waals surface area contributed by atoms with Crippen LogP contribution in [0.3, 0.4) is 0 Å². The van der Waals surface area contributed by atoms with Gasteiger partial charge in [-0.05, 0) is 13.0 Å². The normalized spacial score (nSPS) is 16.0. The van der Waals surface area contributed by atoms with Crippen molar-refractivity contribution in [1.29, 1.82) is 0 Å². The maximum absolute atomic E-state index is 12.6. The SMILES string of the molecule is Cc1nc2cc(Cl)ccn2c1C(=O)N1CCNCC1. The van der Waals surface area contributed by atoms with Gasteiger partial charge < -0.3 is 10.2 Å². The van der Waals surface area contributed by atoms with Crippen LogP contribution in [0.5, 0.6) is 0 Å². The van der Waals surface area contributed by atoms with Gasteiger partial charge >= 0.3 is 0 Å². The Kier molecular flexibility index (Phi) is 3.16. The van der Waals surface area contributed by atoms with Crippen molar-refractivity contribution in [3.63, 3.8) is 0 Å². The largest absolute Gasteiger partial charge is 0.335 e. The van der Waals surface area contributed by atoms with E-state index in [1.165, 1.54) is 0 Å². The van der Waals surface area contributed by atoms with E-state index < -0.39 is 0 Å². The van der Waals surface area contributed by atoms with Gasteiger partial charge in [-0.15, -0.1) is 0 Å². The Morgan fingerprint density at radius 2 is 2.16 bits per heavy atom. The molecular weight excluding hydrogens is 264 g/mol. The maximum Gasteiger partial charge on any atom is 0.272 e. The van der Waals surface area contributed by atoms with Crippen molar-refractivity contribution in [2.45, 2.75) is 6.92 Å². The van der Waals surface area contributed by atoms with E-state index in [-0.39, 0.29) is 5.91 Å². The van der Waals surface area contributed by atoms with Crippen LogP contribution in [-0.2, 0) is 0 Å². The van der Waals surface area contributed by atoms with Gasteiger partial charge in [0.1, 0.15) is 11.3 Å². The minimum absolute atomic E-state index is 0.0359. The number of nitrogens with zero attached hydrogens (tertiary/aromatic N) is 3. The Bertz CT molecular complexity index is 631. The predicted molar refractivity (Wildman–Crippen MR) is 73.7 cm³/mol. The lowest BCUT2D eigenvalue weighted by atomic mass is 10.2. The van der Waals surface area contributed by atoms with Crippen LogP contribution in [0, 0.1) is 6.92 Å². The van der Waals surface area contributed by atoms with E-state index in [9.17, 15) is 4.79 Å². The second-order valence-corrected chi connectivity index (χ2v) is 5.10. The highest BCUT2D eigenvalue weighted by Crippen LogP contribution is 2.18. The zero-order valence-electron chi connectivity index (χ0n) is 10.7. The summed E-state index contributed by atoms with van der Waals surface area (Å²) in [4.78, 5) is 18.9. The Balaban J connectivity index is 2.03. The molecule has 2 aromatic rings. The van der Waals surface area contributed by atoms with Crippen molar-refractivity contribution in [1.82, 2.24) is 19.6 Å². The van der Waals surface area contributed by atoms with Crippen molar-refractivity contribution in [3.8, 4) is 0 Å². The van der Waals surface area contributed by atoms with Crippen LogP contribution >= 0.6 is 11.6 Å². The summed E-state index contributed by atoms with van der Waals surface area (Å²) in [7, 11) is 0. The zero-order valence-corrected chi connectivity index (χ0v) is 11.4. The highest BCUT2D eigenvalue weighted by Gasteiger charge is 2.23. The van der Waals surface area contributed by atoms with Crippen LogP contribution in [0.15, 0.2) is 18.3 Å². The number of carbonyl (C=O) groups is 1. The first-order valence-corrected chi connectivity index (χ1v) is 6.69. The van der Waals surface area contributed by atoms with E-state index in [1.807, 2.05) is 16.2 Å². The lowest BCUT2D eigenvalue weighted by molar-refractivity contribution is 0.0728. The highest BCUT2D eigenvalue weighted by atomic mass is 35.5. The van der Waals surface area contributed by atoms with E-state index in [4.69, 9.17) is 11.6 Å². The van der Waals surface area contributed by atoms with Gasteiger partial charge in [0.05, 0.1) is 5.69 Å². The topological polar surface area (TPSA) is 49.6 Å². The number of piperazine rings is 1. The molecule has 0 aliphatic carbocycles. The predicted octanol–water partition coefficient (Wildman–Crippen LogP) is 1.34. The third-order valence-electron chi connectivity index (χ3n) is 3.37. The number of carbonyl (C=O) groups excluding carboxylic acids is 1. The zero-order chi connectivity index (χ0) is 13.4. The molecule has 3 heterocycles. The molecule has 0 radical (unpaired) electrons. The molecule has 1 fully saturated rings. The van der Waals surface area contributed by atoms with Crippen LogP contribution in [0.4, 0.5) is 0 Å². The Morgan fingerprint density at radius 1 is 1.42 bits per heavy atom. The Labute approximate surface area is 116 Å². The third-order valence-corrected chi connectivity index (χ3v) is 3.60. The van der Waals surface area contributed by atoms with Gasteiger partial charge in [0.2, 0.25) is 0 Å². The molecule has 0 saturated carbocycles. The fourth-order valence-corrected chi connectivity index (χ4v) is 2.57. The lowest BCUT2D eigenvalue weighted by Crippen LogP contribution is -2.46. The van der Waals surface area contributed by atoms with Crippen LogP contribution < -0.4 is 5.32 Å². The highest BCUT2D eigenvalue weighted by molar-refractivity contribution is 6.30. The Hall–Kier alpha value is -1.59. The molecule has 100 valence electrons. The first-order chi connectivity index (χ1) is 9.16. The first kappa shape index (κ1) is 12.4. The number of aryl methyl sites for hydroxylation is 1. The number of pyridine rings is 1. The fourth-order valence-electron chi connectivity index (χ4n) is 2.41. The average molecular weight is 279 g/mol. The summed E-state index contributed by atoms with van der Waals surface area (Å²) in [5.41, 5.74) is 2.09. The molecule has 0 bridgehead atoms. The molecule has 1 saturated heterocycles. The summed E-state index contributed by atoms with van der Waals surface area (Å²) in [6.07, 6.45) is 1.80. The smallest absolute Gasteiger partial charge is 0.272 e. The molecule has 19 heavy (non-hydrogen) atoms. The number of rotatable bonds is 1. The molecule has 1 aliphatic heterocycles. The van der Waals surface area contributed by atoms with Gasteiger partial charge in [0.15, 0.2) is 0 Å². The van der Waals surface area contributed by atoms with Crippen molar-refractivity contribution in [3.05, 3.63) is 34.7 Å². The van der Waals surface area contributed by atoms with Crippen LogP contribution in [0.1, 0.15) is 16.2 Å². The monoisotopic (exact) mass is 278 g/mol. The second kappa shape index (κ2) is 4.83. The van der Waals surface area contributed by atoms with Crippen molar-refractivity contribution < 1.29 is 4.79 Å². The third kappa shape index (κ3) is 2.19. The molecule has 1 aliphatic rings. The second-order valence-electron chi connectivity index (χ2n) is 4.66. The summed E-state index contributed by atoms with van der Waals surface area (Å²) in [6.45, 7) is 5.01. The van der Waals surface area contributed by atoms with E-state index in [2.05, 4.69) is 10.3 Å². The van der Waals surface area contributed by atoms with Gasteiger partial charge in [-0.1, -0.05) is 11.6 Å². The van der Waals surface area contributed by atoms with Crippen molar-refractivity contribution in [2.24, 2.45) is 0 Å². The number of nitrogens with one attached hydrogen (secondary N) is 1. The molecule has 0 unspecified atom stereocenters. The van der Waals surface area contributed by atoms with E-state index in [1.54, 1.807) is 18.3 Å². The molecule has 3 rings (SSSR count). The number of hydrogen-bond acceptors (Lipinski definition) is 3. The number of halogens is 1. The van der Waals surface area contributed by atoms with Gasteiger partial charge in [-0.3, -0.25) is 9.20 Å². The van der Waals surface area contributed by atoms with Gasteiger partial charge in [0, 0.05) is 43.5 Å². The summed E-state index contributed by atoms with van der Waals surface area (Å²) < 4.78 is 1.81. The van der Waals surface area contributed by atoms with Gasteiger partial charge in [-0.2, -0.15) is 0 Å². The summed E-state index contributed by atoms with van der Waals surface area (Å²) in [5.74, 6) is 0.0359. The molecule has 1 amide bonds. The number of imidazole rings is 1. The standard InChI is InChI=1S/C13H15ClN4O/c1-9-12(13(19)17-6-3-15-4-7-17)18-5-2-10(14)8-11(18)16-9/h2,5,8,15H,3-4,6-7H2,1H3. The quantitative estimate of drug-likeness (QED) is 0.856. The molecule has 1 N–H and O–H groups in total. The van der Waals surface area contributed by atoms with Gasteiger partial charge in [0.25, 0.3) is 5.91 Å². The molecule has 0 spiro atoms. The van der Waals surface area contributed by atoms with Gasteiger partial charge in [-0.25, -0.2) is 4.98 Å². The van der Waals surface area contributed by atoms with E-state index >= 15 is 0 Å². The average Bonchev–Trinajstić information content (AvgIpc) is 2.74. The summed E-state index contributed by atoms with van der Waals surface area (Å²) in [5, 5.41) is 3.86. The van der Waals surface area contributed by atoms with E-state index in [0.717, 1.165) is 31.9 Å². The maximum atomic E-state index is 12.6. The Morgan fingerprint density at radius 3 is 2.89 bits per heavy atom.